The molecule has 32 heavy (non-hydrogen) atoms. The van der Waals surface area contributed by atoms with Crippen molar-refractivity contribution in [3.8, 4) is 22.9 Å². The topological polar surface area (TPSA) is 75.5 Å². The van der Waals surface area contributed by atoms with Crippen LogP contribution in [0.15, 0.2) is 54.6 Å². The number of amides is 1. The Balaban J connectivity index is 1.21. The number of nitrogens with zero attached hydrogens (tertiary/aromatic N) is 3. The molecular formula is C26H25N3O3. The first-order valence-corrected chi connectivity index (χ1v) is 11.2. The highest BCUT2D eigenvalue weighted by atomic mass is 16.5. The molecule has 0 unspecified atom stereocenters. The van der Waals surface area contributed by atoms with Gasteiger partial charge in [-0.3, -0.25) is 4.79 Å². The monoisotopic (exact) mass is 427 g/mol. The van der Waals surface area contributed by atoms with Gasteiger partial charge in [-0.2, -0.15) is 5.26 Å². The van der Waals surface area contributed by atoms with E-state index in [1.54, 1.807) is 6.07 Å². The van der Waals surface area contributed by atoms with Crippen molar-refractivity contribution >= 4 is 16.8 Å². The SMILES string of the molecule is N#Cc1ccc2ccc(-c3ccc(OC4CCN(C(=O)[C@H]5CCCO5)CC4)cc3)cc2n1. The van der Waals surface area contributed by atoms with Crippen molar-refractivity contribution in [2.24, 2.45) is 0 Å². The quantitative estimate of drug-likeness (QED) is 0.620. The normalized spacial score (nSPS) is 19.1. The zero-order valence-electron chi connectivity index (χ0n) is 17.9. The third-order valence-electron chi connectivity index (χ3n) is 6.26. The van der Waals surface area contributed by atoms with Crippen LogP contribution in [0.25, 0.3) is 22.0 Å². The number of benzene rings is 2. The molecule has 1 amide bonds. The van der Waals surface area contributed by atoms with E-state index in [0.29, 0.717) is 12.3 Å². The smallest absolute Gasteiger partial charge is 0.251 e. The number of nitriles is 1. The summed E-state index contributed by atoms with van der Waals surface area (Å²) in [6.45, 7) is 2.13. The van der Waals surface area contributed by atoms with Gasteiger partial charge in [-0.15, -0.1) is 0 Å². The maximum Gasteiger partial charge on any atom is 0.251 e. The van der Waals surface area contributed by atoms with Crippen molar-refractivity contribution in [3.05, 3.63) is 60.3 Å². The molecule has 3 heterocycles. The summed E-state index contributed by atoms with van der Waals surface area (Å²) in [5.41, 5.74) is 3.35. The number of likely N-dealkylation sites (tertiary alicyclic amines) is 1. The fourth-order valence-electron chi connectivity index (χ4n) is 4.45. The van der Waals surface area contributed by atoms with Gasteiger partial charge in [0.05, 0.1) is 5.52 Å². The van der Waals surface area contributed by atoms with E-state index in [1.165, 1.54) is 0 Å². The Morgan fingerprint density at radius 1 is 1.03 bits per heavy atom. The molecular weight excluding hydrogens is 402 g/mol. The second kappa shape index (κ2) is 8.97. The van der Waals surface area contributed by atoms with Gasteiger partial charge in [0.25, 0.3) is 5.91 Å². The van der Waals surface area contributed by atoms with Gasteiger partial charge in [0.1, 0.15) is 29.7 Å². The minimum absolute atomic E-state index is 0.115. The van der Waals surface area contributed by atoms with Gasteiger partial charge in [0, 0.05) is 37.9 Å². The maximum atomic E-state index is 12.5. The van der Waals surface area contributed by atoms with E-state index in [4.69, 9.17) is 14.7 Å². The van der Waals surface area contributed by atoms with Gasteiger partial charge in [-0.1, -0.05) is 24.3 Å². The molecule has 6 heteroatoms. The van der Waals surface area contributed by atoms with Crippen LogP contribution in [0.4, 0.5) is 0 Å². The lowest BCUT2D eigenvalue weighted by molar-refractivity contribution is -0.142. The van der Waals surface area contributed by atoms with Crippen molar-refractivity contribution in [1.82, 2.24) is 9.88 Å². The number of rotatable bonds is 4. The molecule has 3 aromatic rings. The van der Waals surface area contributed by atoms with Gasteiger partial charge in [-0.05, 0) is 54.3 Å². The highest BCUT2D eigenvalue weighted by Gasteiger charge is 2.31. The third-order valence-corrected chi connectivity index (χ3v) is 6.26. The van der Waals surface area contributed by atoms with E-state index in [2.05, 4.69) is 17.1 Å². The fraction of sp³-hybridized carbons (Fsp3) is 0.346. The number of hydrogen-bond donors (Lipinski definition) is 0. The van der Waals surface area contributed by atoms with Crippen molar-refractivity contribution in [1.29, 1.82) is 5.26 Å². The van der Waals surface area contributed by atoms with Gasteiger partial charge < -0.3 is 14.4 Å². The molecule has 2 fully saturated rings. The highest BCUT2D eigenvalue weighted by Crippen LogP contribution is 2.27. The minimum Gasteiger partial charge on any atom is -0.490 e. The van der Waals surface area contributed by atoms with Crippen LogP contribution < -0.4 is 4.74 Å². The summed E-state index contributed by atoms with van der Waals surface area (Å²) in [4.78, 5) is 18.8. The van der Waals surface area contributed by atoms with Crippen molar-refractivity contribution in [2.45, 2.75) is 37.9 Å². The van der Waals surface area contributed by atoms with Crippen LogP contribution in [0.5, 0.6) is 5.75 Å². The lowest BCUT2D eigenvalue weighted by Gasteiger charge is -2.33. The molecule has 2 saturated heterocycles. The largest absolute Gasteiger partial charge is 0.490 e. The molecule has 0 radical (unpaired) electrons. The standard InChI is InChI=1S/C26H25N3O3/c27-17-21-8-5-19-3-4-20(16-24(19)28-21)18-6-9-22(10-7-18)32-23-11-13-29(14-12-23)26(30)25-2-1-15-31-25/h3-10,16,23,25H,1-2,11-15H2/t25-/m1/s1. The van der Waals surface area contributed by atoms with Crippen molar-refractivity contribution in [2.75, 3.05) is 19.7 Å². The molecule has 1 atom stereocenters. The second-order valence-electron chi connectivity index (χ2n) is 8.38. The molecule has 1 aromatic heterocycles. The van der Waals surface area contributed by atoms with Crippen LogP contribution in [0.3, 0.4) is 0 Å². The van der Waals surface area contributed by atoms with Crippen LogP contribution in [-0.2, 0) is 9.53 Å². The number of piperidine rings is 1. The molecule has 2 aromatic carbocycles. The zero-order chi connectivity index (χ0) is 21.9. The number of carbonyl (C=O) groups excluding carboxylic acids is 1. The first-order valence-electron chi connectivity index (χ1n) is 11.2. The van der Waals surface area contributed by atoms with E-state index in [-0.39, 0.29) is 18.1 Å². The molecule has 6 nitrogen and oxygen atoms in total. The van der Waals surface area contributed by atoms with E-state index in [1.807, 2.05) is 47.4 Å². The molecule has 5 rings (SSSR count). The molecule has 2 aliphatic rings. The Bertz CT molecular complexity index is 1160. The molecule has 0 aliphatic carbocycles. The molecule has 0 bridgehead atoms. The van der Waals surface area contributed by atoms with Gasteiger partial charge >= 0.3 is 0 Å². The van der Waals surface area contributed by atoms with Crippen LogP contribution in [0.2, 0.25) is 0 Å². The number of ether oxygens (including phenoxy) is 2. The number of aromatic nitrogens is 1. The number of hydrogen-bond acceptors (Lipinski definition) is 5. The average molecular weight is 428 g/mol. The van der Waals surface area contributed by atoms with Crippen LogP contribution in [0, 0.1) is 11.3 Å². The van der Waals surface area contributed by atoms with Gasteiger partial charge in [0.2, 0.25) is 0 Å². The van der Waals surface area contributed by atoms with E-state index >= 15 is 0 Å². The van der Waals surface area contributed by atoms with Crippen LogP contribution >= 0.6 is 0 Å². The summed E-state index contributed by atoms with van der Waals surface area (Å²) in [6, 6.07) is 19.9. The molecule has 0 N–H and O–H groups in total. The molecule has 2 aliphatic heterocycles. The van der Waals surface area contributed by atoms with Gasteiger partial charge in [-0.25, -0.2) is 4.98 Å². The van der Waals surface area contributed by atoms with Crippen LogP contribution in [-0.4, -0.2) is 47.7 Å². The first-order chi connectivity index (χ1) is 15.7. The number of fused-ring (bicyclic) bond motifs is 1. The fourth-order valence-corrected chi connectivity index (χ4v) is 4.45. The average Bonchev–Trinajstić information content (AvgIpc) is 3.39. The number of pyridine rings is 1. The third kappa shape index (κ3) is 4.30. The van der Waals surface area contributed by atoms with E-state index < -0.39 is 0 Å². The molecule has 0 spiro atoms. The maximum absolute atomic E-state index is 12.5. The van der Waals surface area contributed by atoms with Crippen molar-refractivity contribution < 1.29 is 14.3 Å². The Morgan fingerprint density at radius 3 is 2.50 bits per heavy atom. The van der Waals surface area contributed by atoms with Crippen LogP contribution in [0.1, 0.15) is 31.4 Å². The first kappa shape index (κ1) is 20.5. The second-order valence-corrected chi connectivity index (χ2v) is 8.38. The summed E-state index contributed by atoms with van der Waals surface area (Å²) in [5.74, 6) is 0.973. The van der Waals surface area contributed by atoms with Gasteiger partial charge in [0.15, 0.2) is 0 Å². The Kier molecular flexibility index (Phi) is 5.74. The summed E-state index contributed by atoms with van der Waals surface area (Å²) in [6.07, 6.45) is 3.35. The van der Waals surface area contributed by atoms with Crippen molar-refractivity contribution in [3.63, 3.8) is 0 Å². The lowest BCUT2D eigenvalue weighted by atomic mass is 10.0. The zero-order valence-corrected chi connectivity index (χ0v) is 17.9. The predicted molar refractivity (Wildman–Crippen MR) is 121 cm³/mol. The molecule has 162 valence electrons. The molecule has 0 saturated carbocycles. The summed E-state index contributed by atoms with van der Waals surface area (Å²) < 4.78 is 11.7. The Hall–Kier alpha value is -3.43. The number of carbonyl (C=O) groups is 1. The minimum atomic E-state index is -0.239. The predicted octanol–water partition coefficient (Wildman–Crippen LogP) is 4.32. The summed E-state index contributed by atoms with van der Waals surface area (Å²) in [7, 11) is 0. The summed E-state index contributed by atoms with van der Waals surface area (Å²) >= 11 is 0. The Labute approximate surface area is 187 Å². The van der Waals surface area contributed by atoms with E-state index in [0.717, 1.165) is 66.6 Å². The highest BCUT2D eigenvalue weighted by molar-refractivity contribution is 5.84. The summed E-state index contributed by atoms with van der Waals surface area (Å²) in [5, 5.41) is 10.1. The van der Waals surface area contributed by atoms with E-state index in [9.17, 15) is 4.79 Å². The Morgan fingerprint density at radius 2 is 1.78 bits per heavy atom. The lowest BCUT2D eigenvalue weighted by Crippen LogP contribution is -2.45.